The molecule has 0 spiro atoms. The fourth-order valence-corrected chi connectivity index (χ4v) is 4.16. The molecule has 1 heterocycles. The van der Waals surface area contributed by atoms with E-state index >= 15 is 0 Å². The fraction of sp³-hybridized carbons (Fsp3) is 0.0385. The molecule has 0 atom stereocenters. The average molecular weight is 472 g/mol. The first-order valence-corrected chi connectivity index (χ1v) is 11.1. The summed E-state index contributed by atoms with van der Waals surface area (Å²) in [6, 6.07) is 26.6. The lowest BCUT2D eigenvalue weighted by molar-refractivity contribution is -0.119. The predicted molar refractivity (Wildman–Crippen MR) is 136 cm³/mol. The molecule has 5 nitrogen and oxygen atoms in total. The molecular formula is C26H18ClN3O2S. The van der Waals surface area contributed by atoms with Gasteiger partial charge in [0.2, 0.25) is 11.8 Å². The van der Waals surface area contributed by atoms with Crippen molar-refractivity contribution in [1.29, 1.82) is 0 Å². The molecule has 0 fully saturated rings. The number of halogens is 1. The highest BCUT2D eigenvalue weighted by Gasteiger charge is 2.13. The van der Waals surface area contributed by atoms with Crippen molar-refractivity contribution in [2.45, 2.75) is 6.42 Å². The Hall–Kier alpha value is -3.74. The number of thiocarbonyl (C=S) groups is 1. The van der Waals surface area contributed by atoms with Crippen LogP contribution < -0.4 is 10.6 Å². The van der Waals surface area contributed by atoms with E-state index in [1.54, 1.807) is 0 Å². The van der Waals surface area contributed by atoms with Crippen LogP contribution in [0.5, 0.6) is 0 Å². The second-order valence-electron chi connectivity index (χ2n) is 7.51. The molecule has 2 N–H and O–H groups in total. The third-order valence-corrected chi connectivity index (χ3v) is 5.74. The first-order chi connectivity index (χ1) is 16.1. The fourth-order valence-electron chi connectivity index (χ4n) is 3.69. The molecule has 5 rings (SSSR count). The number of benzene rings is 4. The van der Waals surface area contributed by atoms with Gasteiger partial charge in [0.1, 0.15) is 5.52 Å². The highest BCUT2D eigenvalue weighted by Crippen LogP contribution is 2.33. The van der Waals surface area contributed by atoms with Crippen LogP contribution in [-0.2, 0) is 11.2 Å². The summed E-state index contributed by atoms with van der Waals surface area (Å²) in [5, 5.41) is 8.56. The molecule has 33 heavy (non-hydrogen) atoms. The number of rotatable bonds is 4. The summed E-state index contributed by atoms with van der Waals surface area (Å²) in [6.45, 7) is 0. The van der Waals surface area contributed by atoms with Crippen LogP contribution in [0.3, 0.4) is 0 Å². The molecule has 4 aromatic carbocycles. The summed E-state index contributed by atoms with van der Waals surface area (Å²) >= 11 is 11.6. The van der Waals surface area contributed by atoms with Crippen LogP contribution in [-0.4, -0.2) is 16.0 Å². The number of aromatic nitrogens is 1. The SMILES string of the molecule is O=C(Cc1ccccc1)NC(=S)Nc1ccc2oc(-c3cccc4c(Cl)cccc34)nc2c1. The summed E-state index contributed by atoms with van der Waals surface area (Å²) < 4.78 is 6.01. The molecule has 1 aromatic heterocycles. The molecule has 0 aliphatic heterocycles. The number of hydrogen-bond donors (Lipinski definition) is 2. The third-order valence-electron chi connectivity index (χ3n) is 5.21. The van der Waals surface area contributed by atoms with E-state index in [1.807, 2.05) is 84.9 Å². The van der Waals surface area contributed by atoms with Gasteiger partial charge < -0.3 is 15.1 Å². The maximum atomic E-state index is 12.2. The van der Waals surface area contributed by atoms with E-state index in [9.17, 15) is 4.79 Å². The van der Waals surface area contributed by atoms with E-state index in [1.165, 1.54) is 0 Å². The minimum atomic E-state index is -0.182. The molecular weight excluding hydrogens is 454 g/mol. The van der Waals surface area contributed by atoms with Gasteiger partial charge in [0.25, 0.3) is 0 Å². The first kappa shape index (κ1) is 21.1. The second-order valence-corrected chi connectivity index (χ2v) is 8.32. The van der Waals surface area contributed by atoms with E-state index in [-0.39, 0.29) is 17.4 Å². The topological polar surface area (TPSA) is 67.2 Å². The summed E-state index contributed by atoms with van der Waals surface area (Å²) in [4.78, 5) is 16.9. The Morgan fingerprint density at radius 1 is 0.939 bits per heavy atom. The van der Waals surface area contributed by atoms with Crippen molar-refractivity contribution in [2.75, 3.05) is 5.32 Å². The lowest BCUT2D eigenvalue weighted by Gasteiger charge is -2.09. The van der Waals surface area contributed by atoms with Crippen molar-refractivity contribution in [3.05, 3.63) is 95.5 Å². The molecule has 0 bridgehead atoms. The van der Waals surface area contributed by atoms with Crippen LogP contribution >= 0.6 is 23.8 Å². The Balaban J connectivity index is 1.34. The molecule has 0 radical (unpaired) electrons. The maximum Gasteiger partial charge on any atom is 0.230 e. The van der Waals surface area contributed by atoms with E-state index in [2.05, 4.69) is 15.6 Å². The van der Waals surface area contributed by atoms with Gasteiger partial charge in [-0.05, 0) is 53.5 Å². The molecule has 0 aliphatic rings. The van der Waals surface area contributed by atoms with Crippen LogP contribution in [0.1, 0.15) is 5.56 Å². The van der Waals surface area contributed by atoms with Crippen LogP contribution in [0.25, 0.3) is 33.3 Å². The molecule has 162 valence electrons. The van der Waals surface area contributed by atoms with Crippen LogP contribution in [0.15, 0.2) is 89.3 Å². The monoisotopic (exact) mass is 471 g/mol. The van der Waals surface area contributed by atoms with Gasteiger partial charge in [-0.1, -0.05) is 66.2 Å². The van der Waals surface area contributed by atoms with E-state index in [4.69, 9.17) is 28.2 Å². The minimum absolute atomic E-state index is 0.182. The van der Waals surface area contributed by atoms with Crippen molar-refractivity contribution in [3.8, 4) is 11.5 Å². The van der Waals surface area contributed by atoms with Gasteiger partial charge >= 0.3 is 0 Å². The Labute approximate surface area is 200 Å². The summed E-state index contributed by atoms with van der Waals surface area (Å²) in [5.41, 5.74) is 3.81. The zero-order valence-electron chi connectivity index (χ0n) is 17.3. The van der Waals surface area contributed by atoms with Crippen molar-refractivity contribution >= 4 is 62.4 Å². The number of carbonyl (C=O) groups excluding carboxylic acids is 1. The lowest BCUT2D eigenvalue weighted by Crippen LogP contribution is -2.35. The Bertz CT molecular complexity index is 1500. The number of amides is 1. The lowest BCUT2D eigenvalue weighted by atomic mass is 10.0. The van der Waals surface area contributed by atoms with Crippen LogP contribution in [0, 0.1) is 0 Å². The zero-order valence-corrected chi connectivity index (χ0v) is 18.9. The standard InChI is InChI=1S/C26H18ClN3O2S/c27-21-11-5-8-18-19(21)9-4-10-20(18)25-29-22-15-17(12-13-23(22)32-25)28-26(33)30-24(31)14-16-6-2-1-3-7-16/h1-13,15H,14H2,(H2,28,30,31,33). The molecule has 0 aliphatic carbocycles. The second kappa shape index (κ2) is 9.02. The van der Waals surface area contributed by atoms with E-state index < -0.39 is 0 Å². The summed E-state index contributed by atoms with van der Waals surface area (Å²) in [7, 11) is 0. The summed E-state index contributed by atoms with van der Waals surface area (Å²) in [6.07, 6.45) is 0.253. The number of fused-ring (bicyclic) bond motifs is 2. The zero-order chi connectivity index (χ0) is 22.8. The van der Waals surface area contributed by atoms with Gasteiger partial charge in [-0.25, -0.2) is 4.98 Å². The normalized spacial score (nSPS) is 10.9. The molecule has 5 aromatic rings. The Morgan fingerprint density at radius 2 is 1.73 bits per heavy atom. The van der Waals surface area contributed by atoms with E-state index in [0.717, 1.165) is 21.9 Å². The Kier molecular flexibility index (Phi) is 5.77. The largest absolute Gasteiger partial charge is 0.436 e. The van der Waals surface area contributed by atoms with Gasteiger partial charge in [0.05, 0.1) is 6.42 Å². The van der Waals surface area contributed by atoms with Gasteiger partial charge in [0, 0.05) is 21.7 Å². The number of nitrogens with one attached hydrogen (secondary N) is 2. The van der Waals surface area contributed by atoms with Crippen molar-refractivity contribution in [3.63, 3.8) is 0 Å². The third kappa shape index (κ3) is 4.58. The van der Waals surface area contributed by atoms with Crippen molar-refractivity contribution in [1.82, 2.24) is 10.3 Å². The number of oxazole rings is 1. The van der Waals surface area contributed by atoms with Gasteiger partial charge in [-0.3, -0.25) is 4.79 Å². The maximum absolute atomic E-state index is 12.2. The van der Waals surface area contributed by atoms with Gasteiger partial charge in [0.15, 0.2) is 10.7 Å². The Morgan fingerprint density at radius 3 is 2.58 bits per heavy atom. The molecule has 7 heteroatoms. The quantitative estimate of drug-likeness (QED) is 0.299. The van der Waals surface area contributed by atoms with Crippen molar-refractivity contribution < 1.29 is 9.21 Å². The smallest absolute Gasteiger partial charge is 0.230 e. The van der Waals surface area contributed by atoms with Gasteiger partial charge in [-0.2, -0.15) is 0 Å². The molecule has 0 saturated carbocycles. The number of anilines is 1. The molecule has 0 saturated heterocycles. The average Bonchev–Trinajstić information content (AvgIpc) is 3.23. The van der Waals surface area contributed by atoms with Crippen LogP contribution in [0.4, 0.5) is 5.69 Å². The number of hydrogen-bond acceptors (Lipinski definition) is 4. The molecule has 0 unspecified atom stereocenters. The number of carbonyl (C=O) groups is 1. The van der Waals surface area contributed by atoms with Gasteiger partial charge in [-0.15, -0.1) is 0 Å². The minimum Gasteiger partial charge on any atom is -0.436 e. The summed E-state index contributed by atoms with van der Waals surface area (Å²) in [5.74, 6) is 0.326. The van der Waals surface area contributed by atoms with E-state index in [0.29, 0.717) is 27.7 Å². The first-order valence-electron chi connectivity index (χ1n) is 10.3. The highest BCUT2D eigenvalue weighted by atomic mass is 35.5. The van der Waals surface area contributed by atoms with Crippen molar-refractivity contribution in [2.24, 2.45) is 0 Å². The predicted octanol–water partition coefficient (Wildman–Crippen LogP) is 6.36. The molecule has 1 amide bonds. The van der Waals surface area contributed by atoms with Crippen LogP contribution in [0.2, 0.25) is 5.02 Å². The number of nitrogens with zero attached hydrogens (tertiary/aromatic N) is 1. The highest BCUT2D eigenvalue weighted by molar-refractivity contribution is 7.80.